The van der Waals surface area contributed by atoms with Crippen LogP contribution in [0.4, 0.5) is 0 Å². The Labute approximate surface area is 103 Å². The molecule has 1 aliphatic rings. The third-order valence-electron chi connectivity index (χ3n) is 2.64. The first-order valence-electron chi connectivity index (χ1n) is 6.00. The van der Waals surface area contributed by atoms with E-state index >= 15 is 0 Å². The molecular formula is C13H20N4. The maximum atomic E-state index is 4.35. The molecule has 0 bridgehead atoms. The zero-order valence-electron chi connectivity index (χ0n) is 11.0. The minimum Gasteiger partial charge on any atom is -0.265 e. The first-order chi connectivity index (χ1) is 8.15. The molecule has 0 fully saturated rings. The molecule has 0 amide bonds. The van der Waals surface area contributed by atoms with Gasteiger partial charge in [0.05, 0.1) is 6.21 Å². The van der Waals surface area contributed by atoms with Gasteiger partial charge in [-0.05, 0) is 18.8 Å². The van der Waals surface area contributed by atoms with E-state index in [2.05, 4.69) is 46.8 Å². The molecule has 0 spiro atoms. The highest BCUT2D eigenvalue weighted by Gasteiger charge is 2.07. The molecule has 0 saturated heterocycles. The van der Waals surface area contributed by atoms with Crippen LogP contribution in [0.2, 0.25) is 0 Å². The molecule has 0 aromatic rings. The van der Waals surface area contributed by atoms with Gasteiger partial charge >= 0.3 is 0 Å². The number of aliphatic imine (C=N–C) groups is 4. The Kier molecular flexibility index (Phi) is 5.46. The van der Waals surface area contributed by atoms with Crippen LogP contribution in [0.15, 0.2) is 32.2 Å². The average molecular weight is 232 g/mol. The van der Waals surface area contributed by atoms with E-state index in [4.69, 9.17) is 0 Å². The highest BCUT2D eigenvalue weighted by atomic mass is 15.0. The Morgan fingerprint density at radius 1 is 1.35 bits per heavy atom. The van der Waals surface area contributed by atoms with Gasteiger partial charge in [-0.25, -0.2) is 9.98 Å². The van der Waals surface area contributed by atoms with Gasteiger partial charge in [0.2, 0.25) is 0 Å². The molecule has 17 heavy (non-hydrogen) atoms. The summed E-state index contributed by atoms with van der Waals surface area (Å²) >= 11 is 0. The van der Waals surface area contributed by atoms with Gasteiger partial charge in [0, 0.05) is 12.7 Å². The lowest BCUT2D eigenvalue weighted by Crippen LogP contribution is -2.17. The molecule has 4 heteroatoms. The summed E-state index contributed by atoms with van der Waals surface area (Å²) in [4.78, 5) is 16.7. The summed E-state index contributed by atoms with van der Waals surface area (Å²) in [6, 6.07) is 0. The SMILES string of the molecule is CCN=C1N=CN=CC1=N/C=C/C(C)C(C)C. The molecule has 1 rings (SSSR count). The fourth-order valence-electron chi connectivity index (χ4n) is 1.16. The van der Waals surface area contributed by atoms with Crippen LogP contribution < -0.4 is 0 Å². The van der Waals surface area contributed by atoms with Crippen molar-refractivity contribution in [3.05, 3.63) is 12.3 Å². The van der Waals surface area contributed by atoms with Crippen LogP contribution in [0.1, 0.15) is 27.7 Å². The van der Waals surface area contributed by atoms with Crippen molar-refractivity contribution in [3.63, 3.8) is 0 Å². The minimum absolute atomic E-state index is 0.509. The van der Waals surface area contributed by atoms with Crippen molar-refractivity contribution in [2.75, 3.05) is 6.54 Å². The van der Waals surface area contributed by atoms with E-state index in [0.717, 1.165) is 5.71 Å². The molecule has 92 valence electrons. The van der Waals surface area contributed by atoms with E-state index in [0.29, 0.717) is 24.2 Å². The largest absolute Gasteiger partial charge is 0.265 e. The number of hydrogen-bond acceptors (Lipinski definition) is 3. The fraction of sp³-hybridized carbons (Fsp3) is 0.538. The molecule has 4 nitrogen and oxygen atoms in total. The molecule has 1 aliphatic heterocycles. The quantitative estimate of drug-likeness (QED) is 0.715. The Morgan fingerprint density at radius 3 is 2.76 bits per heavy atom. The lowest BCUT2D eigenvalue weighted by Gasteiger charge is -2.08. The molecule has 0 aromatic carbocycles. The smallest absolute Gasteiger partial charge is 0.176 e. The Morgan fingerprint density at radius 2 is 2.12 bits per heavy atom. The highest BCUT2D eigenvalue weighted by molar-refractivity contribution is 6.64. The molecule has 1 atom stereocenters. The Balaban J connectivity index is 2.74. The predicted molar refractivity (Wildman–Crippen MR) is 75.5 cm³/mol. The van der Waals surface area contributed by atoms with Crippen molar-refractivity contribution in [2.45, 2.75) is 27.7 Å². The second kappa shape index (κ2) is 6.89. The molecule has 0 aliphatic carbocycles. The van der Waals surface area contributed by atoms with E-state index in [-0.39, 0.29) is 0 Å². The van der Waals surface area contributed by atoms with Crippen LogP contribution in [0.25, 0.3) is 0 Å². The number of hydrogen-bond donors (Lipinski definition) is 0. The first kappa shape index (κ1) is 13.5. The summed E-state index contributed by atoms with van der Waals surface area (Å²) in [6.45, 7) is 9.24. The third kappa shape index (κ3) is 4.43. The number of nitrogens with zero attached hydrogens (tertiary/aromatic N) is 4. The van der Waals surface area contributed by atoms with Gasteiger partial charge in [0.25, 0.3) is 0 Å². The van der Waals surface area contributed by atoms with E-state index in [1.54, 1.807) is 6.21 Å². The van der Waals surface area contributed by atoms with E-state index in [1.165, 1.54) is 6.34 Å². The van der Waals surface area contributed by atoms with Crippen molar-refractivity contribution in [3.8, 4) is 0 Å². The molecule has 0 aromatic heterocycles. The van der Waals surface area contributed by atoms with Gasteiger partial charge in [-0.1, -0.05) is 26.8 Å². The van der Waals surface area contributed by atoms with Crippen LogP contribution in [0.5, 0.6) is 0 Å². The Hall–Kier alpha value is -1.58. The predicted octanol–water partition coefficient (Wildman–Crippen LogP) is 2.76. The summed E-state index contributed by atoms with van der Waals surface area (Å²) in [5, 5.41) is 0. The average Bonchev–Trinajstić information content (AvgIpc) is 2.31. The second-order valence-corrected chi connectivity index (χ2v) is 4.28. The summed E-state index contributed by atoms with van der Waals surface area (Å²) < 4.78 is 0. The zero-order valence-corrected chi connectivity index (χ0v) is 11.0. The zero-order chi connectivity index (χ0) is 12.7. The molecule has 1 unspecified atom stereocenters. The first-order valence-corrected chi connectivity index (χ1v) is 6.00. The van der Waals surface area contributed by atoms with Crippen molar-refractivity contribution in [1.82, 2.24) is 0 Å². The monoisotopic (exact) mass is 232 g/mol. The maximum absolute atomic E-state index is 4.35. The van der Waals surface area contributed by atoms with E-state index < -0.39 is 0 Å². The highest BCUT2D eigenvalue weighted by Crippen LogP contribution is 2.10. The van der Waals surface area contributed by atoms with Crippen LogP contribution >= 0.6 is 0 Å². The molecule has 0 saturated carbocycles. The molecular weight excluding hydrogens is 212 g/mol. The second-order valence-electron chi connectivity index (χ2n) is 4.28. The lowest BCUT2D eigenvalue weighted by molar-refractivity contribution is 0.503. The maximum Gasteiger partial charge on any atom is 0.176 e. The van der Waals surface area contributed by atoms with Gasteiger partial charge in [-0.15, -0.1) is 0 Å². The standard InChI is InChI=1S/C13H20N4/c1-5-15-13-12(8-14-9-17-13)16-7-6-11(4)10(2)3/h6-11H,5H2,1-4H3/b7-6+,15-13?,16-12?. The molecule has 0 N–H and O–H groups in total. The third-order valence-corrected chi connectivity index (χ3v) is 2.64. The van der Waals surface area contributed by atoms with Gasteiger partial charge in [0.15, 0.2) is 5.84 Å². The number of rotatable bonds is 4. The summed E-state index contributed by atoms with van der Waals surface area (Å²) in [5.74, 6) is 1.78. The normalized spacial score (nSPS) is 22.2. The van der Waals surface area contributed by atoms with Gasteiger partial charge in [0.1, 0.15) is 12.1 Å². The van der Waals surface area contributed by atoms with Gasteiger partial charge < -0.3 is 0 Å². The van der Waals surface area contributed by atoms with Crippen LogP contribution in [0, 0.1) is 11.8 Å². The molecule has 0 radical (unpaired) electrons. The lowest BCUT2D eigenvalue weighted by atomic mass is 9.98. The topological polar surface area (TPSA) is 49.4 Å². The van der Waals surface area contributed by atoms with Crippen molar-refractivity contribution in [1.29, 1.82) is 0 Å². The van der Waals surface area contributed by atoms with Crippen LogP contribution in [0.3, 0.4) is 0 Å². The Bertz CT molecular complexity index is 386. The summed E-state index contributed by atoms with van der Waals surface area (Å²) in [7, 11) is 0. The van der Waals surface area contributed by atoms with Crippen molar-refractivity contribution < 1.29 is 0 Å². The van der Waals surface area contributed by atoms with E-state index in [1.807, 2.05) is 13.1 Å². The molecule has 1 heterocycles. The van der Waals surface area contributed by atoms with Gasteiger partial charge in [-0.2, -0.15) is 0 Å². The number of allylic oxidation sites excluding steroid dienone is 1. The summed E-state index contributed by atoms with van der Waals surface area (Å²) in [5.41, 5.74) is 0.724. The fourth-order valence-corrected chi connectivity index (χ4v) is 1.16. The van der Waals surface area contributed by atoms with Crippen LogP contribution in [-0.4, -0.2) is 30.6 Å². The minimum atomic E-state index is 0.509. The van der Waals surface area contributed by atoms with E-state index in [9.17, 15) is 0 Å². The van der Waals surface area contributed by atoms with Crippen molar-refractivity contribution in [2.24, 2.45) is 31.8 Å². The summed E-state index contributed by atoms with van der Waals surface area (Å²) in [6.07, 6.45) is 7.09. The van der Waals surface area contributed by atoms with Crippen molar-refractivity contribution >= 4 is 24.1 Å². The number of amidine groups is 1. The van der Waals surface area contributed by atoms with Crippen LogP contribution in [-0.2, 0) is 0 Å². The van der Waals surface area contributed by atoms with Gasteiger partial charge in [-0.3, -0.25) is 9.98 Å².